The number of aromatic hydroxyl groups is 1. The first-order chi connectivity index (χ1) is 8.90. The summed E-state index contributed by atoms with van der Waals surface area (Å²) in [5, 5.41) is 9.87. The molecule has 1 N–H and O–H groups in total. The lowest BCUT2D eigenvalue weighted by Crippen LogP contribution is -2.43. The first-order valence-corrected chi connectivity index (χ1v) is 6.60. The average molecular weight is 262 g/mol. The van der Waals surface area contributed by atoms with Crippen LogP contribution in [-0.2, 0) is 11.2 Å². The Morgan fingerprint density at radius 1 is 1.47 bits per heavy atom. The lowest BCUT2D eigenvalue weighted by atomic mass is 9.82. The Balaban J connectivity index is 2.05. The zero-order valence-electron chi connectivity index (χ0n) is 11.4. The van der Waals surface area contributed by atoms with Gasteiger partial charge >= 0.3 is 0 Å². The molecule has 4 heteroatoms. The summed E-state index contributed by atoms with van der Waals surface area (Å²) in [6.07, 6.45) is 0.813. The van der Waals surface area contributed by atoms with Crippen molar-refractivity contribution in [2.45, 2.75) is 33.0 Å². The van der Waals surface area contributed by atoms with Crippen molar-refractivity contribution in [1.82, 2.24) is 0 Å². The van der Waals surface area contributed by atoms with Gasteiger partial charge < -0.3 is 14.6 Å². The minimum Gasteiger partial charge on any atom is -0.507 e. The van der Waals surface area contributed by atoms with E-state index in [1.165, 1.54) is 13.0 Å². The fourth-order valence-electron chi connectivity index (χ4n) is 3.13. The number of benzene rings is 1. The van der Waals surface area contributed by atoms with Gasteiger partial charge in [-0.25, -0.2) is 0 Å². The van der Waals surface area contributed by atoms with Crippen molar-refractivity contribution in [3.05, 3.63) is 23.3 Å². The lowest BCUT2D eigenvalue weighted by molar-refractivity contribution is -0.166. The number of carbonyl (C=O) groups excluding carboxylic acids is 1. The summed E-state index contributed by atoms with van der Waals surface area (Å²) in [6.45, 7) is 6.23. The highest BCUT2D eigenvalue weighted by molar-refractivity contribution is 5.97. The third-order valence-electron chi connectivity index (χ3n) is 4.30. The molecule has 3 rings (SSSR count). The summed E-state index contributed by atoms with van der Waals surface area (Å²) in [7, 11) is 0. The Morgan fingerprint density at radius 3 is 2.89 bits per heavy atom. The van der Waals surface area contributed by atoms with E-state index in [2.05, 4.69) is 6.92 Å². The molecular formula is C15H18O4. The van der Waals surface area contributed by atoms with Crippen LogP contribution in [0.4, 0.5) is 0 Å². The van der Waals surface area contributed by atoms with Crippen LogP contribution < -0.4 is 4.74 Å². The Labute approximate surface area is 112 Å². The van der Waals surface area contributed by atoms with Gasteiger partial charge in [0.2, 0.25) is 5.79 Å². The molecule has 0 saturated carbocycles. The van der Waals surface area contributed by atoms with Gasteiger partial charge in [-0.3, -0.25) is 4.79 Å². The van der Waals surface area contributed by atoms with E-state index in [1.54, 1.807) is 6.07 Å². The quantitative estimate of drug-likeness (QED) is 0.790. The predicted octanol–water partition coefficient (Wildman–Crippen LogP) is 2.53. The molecule has 0 aromatic heterocycles. The third kappa shape index (κ3) is 1.82. The average Bonchev–Trinajstić information content (AvgIpc) is 2.61. The number of ether oxygens (including phenoxy) is 2. The van der Waals surface area contributed by atoms with E-state index in [-0.39, 0.29) is 17.5 Å². The Bertz CT molecular complexity index is 551. The molecule has 0 amide bonds. The molecule has 1 aromatic rings. The second-order valence-corrected chi connectivity index (χ2v) is 5.75. The molecule has 0 radical (unpaired) electrons. The molecule has 2 aliphatic rings. The monoisotopic (exact) mass is 262 g/mol. The van der Waals surface area contributed by atoms with Gasteiger partial charge in [0.15, 0.2) is 5.78 Å². The number of phenols is 1. The van der Waals surface area contributed by atoms with Gasteiger partial charge in [0.1, 0.15) is 11.5 Å². The maximum atomic E-state index is 11.5. The van der Waals surface area contributed by atoms with Gasteiger partial charge in [0.25, 0.3) is 0 Å². The van der Waals surface area contributed by atoms with Crippen LogP contribution >= 0.6 is 0 Å². The fourth-order valence-corrected chi connectivity index (χ4v) is 3.13. The maximum absolute atomic E-state index is 11.5. The Kier molecular flexibility index (Phi) is 2.61. The van der Waals surface area contributed by atoms with E-state index < -0.39 is 5.79 Å². The van der Waals surface area contributed by atoms with Crippen molar-refractivity contribution in [3.63, 3.8) is 0 Å². The molecule has 3 unspecified atom stereocenters. The van der Waals surface area contributed by atoms with Crippen molar-refractivity contribution in [1.29, 1.82) is 0 Å². The van der Waals surface area contributed by atoms with Gasteiger partial charge in [0.05, 0.1) is 12.2 Å². The molecule has 1 saturated heterocycles. The van der Waals surface area contributed by atoms with Gasteiger partial charge in [-0.05, 0) is 30.9 Å². The largest absolute Gasteiger partial charge is 0.507 e. The molecule has 3 atom stereocenters. The van der Waals surface area contributed by atoms with E-state index in [0.717, 1.165) is 12.0 Å². The number of hydrogen-bond donors (Lipinski definition) is 1. The van der Waals surface area contributed by atoms with E-state index in [0.29, 0.717) is 23.8 Å². The Morgan fingerprint density at radius 2 is 2.21 bits per heavy atom. The summed E-state index contributed by atoms with van der Waals surface area (Å²) in [5.74, 6) is 0.549. The molecule has 102 valence electrons. The SMILES string of the molecule is CC(=O)c1cc2c(cc1O)OC1(C)OCC(C)C1C2. The third-order valence-corrected chi connectivity index (χ3v) is 4.30. The summed E-state index contributed by atoms with van der Waals surface area (Å²) in [6, 6.07) is 3.28. The summed E-state index contributed by atoms with van der Waals surface area (Å²) in [5.41, 5.74) is 1.33. The van der Waals surface area contributed by atoms with E-state index >= 15 is 0 Å². The molecule has 2 aliphatic heterocycles. The molecule has 2 heterocycles. The van der Waals surface area contributed by atoms with Crippen LogP contribution in [0.15, 0.2) is 12.1 Å². The number of rotatable bonds is 1. The number of carbonyl (C=O) groups is 1. The van der Waals surface area contributed by atoms with Crippen LogP contribution in [0.2, 0.25) is 0 Å². The van der Waals surface area contributed by atoms with Crippen LogP contribution in [-0.4, -0.2) is 23.3 Å². The molecule has 4 nitrogen and oxygen atoms in total. The van der Waals surface area contributed by atoms with Gasteiger partial charge in [-0.15, -0.1) is 0 Å². The molecule has 0 spiro atoms. The zero-order chi connectivity index (χ0) is 13.8. The second-order valence-electron chi connectivity index (χ2n) is 5.75. The van der Waals surface area contributed by atoms with Crippen LogP contribution in [0.5, 0.6) is 11.5 Å². The van der Waals surface area contributed by atoms with Crippen molar-refractivity contribution in [2.24, 2.45) is 11.8 Å². The van der Waals surface area contributed by atoms with Gasteiger partial charge in [-0.2, -0.15) is 0 Å². The van der Waals surface area contributed by atoms with Gasteiger partial charge in [-0.1, -0.05) is 6.92 Å². The normalized spacial score (nSPS) is 32.4. The summed E-state index contributed by atoms with van der Waals surface area (Å²) in [4.78, 5) is 11.5. The highest BCUT2D eigenvalue weighted by Gasteiger charge is 2.49. The second kappa shape index (κ2) is 3.97. The fraction of sp³-hybridized carbons (Fsp3) is 0.533. The molecule has 19 heavy (non-hydrogen) atoms. The topological polar surface area (TPSA) is 55.8 Å². The molecule has 1 aromatic carbocycles. The molecule has 0 aliphatic carbocycles. The summed E-state index contributed by atoms with van der Waals surface area (Å²) >= 11 is 0. The highest BCUT2D eigenvalue weighted by atomic mass is 16.7. The minimum absolute atomic E-state index is 0.0284. The minimum atomic E-state index is -0.614. The number of ketones is 1. The highest BCUT2D eigenvalue weighted by Crippen LogP contribution is 2.46. The number of fused-ring (bicyclic) bond motifs is 2. The van der Waals surface area contributed by atoms with Crippen LogP contribution in [0.1, 0.15) is 36.7 Å². The van der Waals surface area contributed by atoms with Crippen LogP contribution in [0, 0.1) is 11.8 Å². The van der Waals surface area contributed by atoms with E-state index in [1.807, 2.05) is 6.92 Å². The predicted molar refractivity (Wildman–Crippen MR) is 69.5 cm³/mol. The van der Waals surface area contributed by atoms with Crippen LogP contribution in [0.25, 0.3) is 0 Å². The number of hydrogen-bond acceptors (Lipinski definition) is 4. The molecular weight excluding hydrogens is 244 g/mol. The van der Waals surface area contributed by atoms with Crippen molar-refractivity contribution < 1.29 is 19.4 Å². The smallest absolute Gasteiger partial charge is 0.211 e. The lowest BCUT2D eigenvalue weighted by Gasteiger charge is -2.37. The van der Waals surface area contributed by atoms with Crippen molar-refractivity contribution in [3.8, 4) is 11.5 Å². The molecule has 1 fully saturated rings. The maximum Gasteiger partial charge on any atom is 0.211 e. The van der Waals surface area contributed by atoms with Gasteiger partial charge in [0, 0.05) is 18.9 Å². The first-order valence-electron chi connectivity index (χ1n) is 6.60. The zero-order valence-corrected chi connectivity index (χ0v) is 11.4. The van der Waals surface area contributed by atoms with Crippen molar-refractivity contribution >= 4 is 5.78 Å². The van der Waals surface area contributed by atoms with Crippen LogP contribution in [0.3, 0.4) is 0 Å². The Hall–Kier alpha value is -1.55. The van der Waals surface area contributed by atoms with Crippen molar-refractivity contribution in [2.75, 3.05) is 6.61 Å². The number of phenolic OH excluding ortho intramolecular Hbond substituents is 1. The number of Topliss-reactive ketones (excluding diaryl/α,β-unsaturated/α-hetero) is 1. The molecule has 0 bridgehead atoms. The van der Waals surface area contributed by atoms with E-state index in [9.17, 15) is 9.90 Å². The standard InChI is InChI=1S/C15H18O4/c1-8-7-18-15(3)12(8)5-10-4-11(9(2)16)13(17)6-14(10)19-15/h4,6,8,12,17H,5,7H2,1-3H3. The van der Waals surface area contributed by atoms with E-state index in [4.69, 9.17) is 9.47 Å². The first kappa shape index (κ1) is 12.5. The summed E-state index contributed by atoms with van der Waals surface area (Å²) < 4.78 is 11.7.